The lowest BCUT2D eigenvalue weighted by Crippen LogP contribution is -2.53. The summed E-state index contributed by atoms with van der Waals surface area (Å²) in [4.78, 5) is 12.8. The number of aliphatic hydroxyl groups excluding tert-OH is 1. The van der Waals surface area contributed by atoms with Crippen molar-refractivity contribution in [2.45, 2.75) is 38.8 Å². The molecule has 0 aliphatic carbocycles. The molecule has 0 saturated carbocycles. The first kappa shape index (κ1) is 15.0. The Morgan fingerprint density at radius 3 is 2.75 bits per heavy atom. The summed E-state index contributed by atoms with van der Waals surface area (Å²) in [6.45, 7) is 2.85. The molecule has 110 valence electrons. The molecular weight excluding hydrogens is 258 g/mol. The highest BCUT2D eigenvalue weighted by Crippen LogP contribution is 2.24. The lowest BCUT2D eigenvalue weighted by Gasteiger charge is -2.38. The molecule has 1 saturated heterocycles. The fraction of sp³-hybridized carbons (Fsp3) is 0.533. The molecule has 5 nitrogen and oxygen atoms in total. The van der Waals surface area contributed by atoms with Crippen LogP contribution in [0.4, 0.5) is 0 Å². The van der Waals surface area contributed by atoms with Gasteiger partial charge in [-0.1, -0.05) is 37.3 Å². The van der Waals surface area contributed by atoms with E-state index in [-0.39, 0.29) is 6.61 Å². The average molecular weight is 279 g/mol. The maximum Gasteiger partial charge on any atom is 0.321 e. The fourth-order valence-electron chi connectivity index (χ4n) is 2.54. The molecule has 2 N–H and O–H groups in total. The van der Waals surface area contributed by atoms with Crippen LogP contribution in [0.2, 0.25) is 0 Å². The predicted molar refractivity (Wildman–Crippen MR) is 73.8 cm³/mol. The van der Waals surface area contributed by atoms with Gasteiger partial charge in [-0.2, -0.15) is 0 Å². The summed E-state index contributed by atoms with van der Waals surface area (Å²) in [5.74, 6) is -0.542. The van der Waals surface area contributed by atoms with Crippen LogP contribution in [0, 0.1) is 5.92 Å². The van der Waals surface area contributed by atoms with E-state index < -0.39 is 18.4 Å². The van der Waals surface area contributed by atoms with Gasteiger partial charge in [-0.15, -0.1) is 0 Å². The molecule has 0 spiro atoms. The molecule has 20 heavy (non-hydrogen) atoms. The third kappa shape index (κ3) is 3.79. The minimum atomic E-state index is -1.18. The van der Waals surface area contributed by atoms with Crippen molar-refractivity contribution < 1.29 is 19.7 Å². The number of rotatable bonds is 5. The van der Waals surface area contributed by atoms with Crippen LogP contribution in [0.15, 0.2) is 30.3 Å². The Hall–Kier alpha value is -1.43. The van der Waals surface area contributed by atoms with E-state index in [1.807, 2.05) is 30.3 Å². The second kappa shape index (κ2) is 6.83. The fourth-order valence-corrected chi connectivity index (χ4v) is 2.54. The molecule has 1 aliphatic heterocycles. The number of benzene rings is 1. The van der Waals surface area contributed by atoms with E-state index in [0.717, 1.165) is 12.0 Å². The Balaban J connectivity index is 1.95. The number of aliphatic carboxylic acids is 1. The number of carbonyl (C=O) groups is 1. The van der Waals surface area contributed by atoms with Crippen molar-refractivity contribution >= 4 is 5.97 Å². The largest absolute Gasteiger partial charge is 0.480 e. The zero-order chi connectivity index (χ0) is 14.5. The molecule has 3 unspecified atom stereocenters. The van der Waals surface area contributed by atoms with Crippen molar-refractivity contribution in [2.75, 3.05) is 6.54 Å². The van der Waals surface area contributed by atoms with Crippen LogP contribution in [-0.4, -0.2) is 40.1 Å². The molecule has 1 aromatic carbocycles. The van der Waals surface area contributed by atoms with Crippen molar-refractivity contribution in [3.05, 3.63) is 35.9 Å². The SMILES string of the molecule is CC1CCC(C(=O)O)N(C(O)OCc2ccccc2)C1. The number of hydrogen-bond donors (Lipinski definition) is 2. The van der Waals surface area contributed by atoms with Crippen LogP contribution in [0.3, 0.4) is 0 Å². The normalized spacial score (nSPS) is 25.3. The first-order valence-electron chi connectivity index (χ1n) is 6.90. The van der Waals surface area contributed by atoms with Gasteiger partial charge >= 0.3 is 5.97 Å². The number of piperidine rings is 1. The van der Waals surface area contributed by atoms with E-state index in [4.69, 9.17) is 4.74 Å². The molecule has 0 radical (unpaired) electrons. The van der Waals surface area contributed by atoms with Crippen LogP contribution in [0.1, 0.15) is 25.3 Å². The summed E-state index contributed by atoms with van der Waals surface area (Å²) in [5.41, 5.74) is 0.948. The van der Waals surface area contributed by atoms with Crippen LogP contribution >= 0.6 is 0 Å². The zero-order valence-corrected chi connectivity index (χ0v) is 11.6. The topological polar surface area (TPSA) is 70.0 Å². The van der Waals surface area contributed by atoms with Crippen molar-refractivity contribution in [1.82, 2.24) is 4.90 Å². The molecule has 1 aromatic rings. The Bertz CT molecular complexity index is 437. The standard InChI is InChI=1S/C15H21NO4/c1-11-7-8-13(14(17)18)16(9-11)15(19)20-10-12-5-3-2-4-6-12/h2-6,11,13,15,19H,7-10H2,1H3,(H,17,18). The van der Waals surface area contributed by atoms with E-state index >= 15 is 0 Å². The quantitative estimate of drug-likeness (QED) is 0.802. The number of nitrogens with zero attached hydrogens (tertiary/aromatic N) is 1. The van der Waals surface area contributed by atoms with E-state index in [1.165, 1.54) is 4.90 Å². The molecule has 3 atom stereocenters. The summed E-state index contributed by atoms with van der Waals surface area (Å²) in [5, 5.41) is 19.3. The Kier molecular flexibility index (Phi) is 5.11. The van der Waals surface area contributed by atoms with E-state index in [1.54, 1.807) is 0 Å². The molecule has 0 amide bonds. The highest BCUT2D eigenvalue weighted by atomic mass is 16.6. The van der Waals surface area contributed by atoms with Gasteiger partial charge in [-0.05, 0) is 24.3 Å². The monoisotopic (exact) mass is 279 g/mol. The van der Waals surface area contributed by atoms with E-state index in [9.17, 15) is 15.0 Å². The zero-order valence-electron chi connectivity index (χ0n) is 11.6. The molecule has 5 heteroatoms. The van der Waals surface area contributed by atoms with Gasteiger partial charge < -0.3 is 14.9 Å². The van der Waals surface area contributed by atoms with Gasteiger partial charge in [-0.3, -0.25) is 4.79 Å². The number of carboxylic acids is 1. The summed E-state index contributed by atoms with van der Waals surface area (Å²) in [6.07, 6.45) is 0.222. The lowest BCUT2D eigenvalue weighted by molar-refractivity contribution is -0.224. The van der Waals surface area contributed by atoms with Gasteiger partial charge in [0.15, 0.2) is 0 Å². The molecule has 1 fully saturated rings. The van der Waals surface area contributed by atoms with Crippen molar-refractivity contribution in [2.24, 2.45) is 5.92 Å². The maximum absolute atomic E-state index is 11.2. The number of likely N-dealkylation sites (tertiary alicyclic amines) is 1. The van der Waals surface area contributed by atoms with Crippen LogP contribution in [-0.2, 0) is 16.1 Å². The summed E-state index contributed by atoms with van der Waals surface area (Å²) < 4.78 is 5.41. The molecule has 2 rings (SSSR count). The van der Waals surface area contributed by atoms with Crippen molar-refractivity contribution in [3.63, 3.8) is 0 Å². The minimum absolute atomic E-state index is 0.263. The summed E-state index contributed by atoms with van der Waals surface area (Å²) >= 11 is 0. The first-order valence-corrected chi connectivity index (χ1v) is 6.90. The van der Waals surface area contributed by atoms with Crippen LogP contribution in [0.25, 0.3) is 0 Å². The molecule has 0 bridgehead atoms. The molecule has 1 heterocycles. The number of hydrogen-bond acceptors (Lipinski definition) is 4. The van der Waals surface area contributed by atoms with Gasteiger partial charge in [-0.25, -0.2) is 4.90 Å². The van der Waals surface area contributed by atoms with Gasteiger partial charge in [0.2, 0.25) is 6.41 Å². The average Bonchev–Trinajstić information content (AvgIpc) is 2.45. The highest BCUT2D eigenvalue weighted by molar-refractivity contribution is 5.73. The molecular formula is C15H21NO4. The smallest absolute Gasteiger partial charge is 0.321 e. The highest BCUT2D eigenvalue weighted by Gasteiger charge is 2.35. The molecule has 1 aliphatic rings. The number of aliphatic hydroxyl groups is 1. The van der Waals surface area contributed by atoms with Crippen LogP contribution in [0.5, 0.6) is 0 Å². The third-order valence-electron chi connectivity index (χ3n) is 3.67. The molecule has 0 aromatic heterocycles. The van der Waals surface area contributed by atoms with E-state index in [2.05, 4.69) is 6.92 Å². The second-order valence-corrected chi connectivity index (χ2v) is 5.36. The maximum atomic E-state index is 11.2. The first-order chi connectivity index (χ1) is 9.58. The minimum Gasteiger partial charge on any atom is -0.480 e. The van der Waals surface area contributed by atoms with Crippen molar-refractivity contribution in [3.8, 4) is 0 Å². The van der Waals surface area contributed by atoms with Crippen molar-refractivity contribution in [1.29, 1.82) is 0 Å². The van der Waals surface area contributed by atoms with Gasteiger partial charge in [0, 0.05) is 6.54 Å². The predicted octanol–water partition coefficient (Wildman–Crippen LogP) is 1.66. The van der Waals surface area contributed by atoms with Gasteiger partial charge in [0.05, 0.1) is 6.61 Å². The van der Waals surface area contributed by atoms with Crippen LogP contribution < -0.4 is 0 Å². The second-order valence-electron chi connectivity index (χ2n) is 5.36. The van der Waals surface area contributed by atoms with E-state index in [0.29, 0.717) is 18.9 Å². The number of carboxylic acid groups (broad SMARTS) is 1. The third-order valence-corrected chi connectivity index (χ3v) is 3.67. The Labute approximate surface area is 118 Å². The summed E-state index contributed by atoms with van der Waals surface area (Å²) in [6, 6.07) is 8.84. The van der Waals surface area contributed by atoms with Gasteiger partial charge in [0.25, 0.3) is 0 Å². The number of ether oxygens (including phenoxy) is 1. The Morgan fingerprint density at radius 2 is 2.10 bits per heavy atom. The summed E-state index contributed by atoms with van der Waals surface area (Å²) in [7, 11) is 0. The Morgan fingerprint density at radius 1 is 1.40 bits per heavy atom. The lowest BCUT2D eigenvalue weighted by atomic mass is 9.94. The van der Waals surface area contributed by atoms with Gasteiger partial charge in [0.1, 0.15) is 6.04 Å².